The molecule has 0 aromatic rings. The summed E-state index contributed by atoms with van der Waals surface area (Å²) in [5.41, 5.74) is -0.366. The van der Waals surface area contributed by atoms with E-state index in [4.69, 9.17) is 9.47 Å². The molecule has 0 radical (unpaired) electrons. The first-order chi connectivity index (χ1) is 8.39. The molecule has 6 nitrogen and oxygen atoms in total. The Morgan fingerprint density at radius 3 is 2.22 bits per heavy atom. The Morgan fingerprint density at radius 2 is 1.83 bits per heavy atom. The quantitative estimate of drug-likeness (QED) is 0.601. The fourth-order valence-electron chi connectivity index (χ4n) is 1.66. The van der Waals surface area contributed by atoms with Crippen molar-refractivity contribution in [2.24, 2.45) is 0 Å². The Morgan fingerprint density at radius 1 is 1.28 bits per heavy atom. The zero-order valence-electron chi connectivity index (χ0n) is 11.1. The third kappa shape index (κ3) is 3.93. The molecule has 0 heterocycles. The molecule has 18 heavy (non-hydrogen) atoms. The third-order valence-corrected chi connectivity index (χ3v) is 5.04. The van der Waals surface area contributed by atoms with Gasteiger partial charge in [0.15, 0.2) is 5.75 Å². The molecule has 106 valence electrons. The fraction of sp³-hybridized carbons (Fsp3) is 0.909. The van der Waals surface area contributed by atoms with E-state index in [2.05, 4.69) is 0 Å². The summed E-state index contributed by atoms with van der Waals surface area (Å²) >= 11 is 0. The summed E-state index contributed by atoms with van der Waals surface area (Å²) in [5, 5.41) is 0. The fourth-order valence-corrected chi connectivity index (χ4v) is 3.01. The molecule has 1 aliphatic rings. The highest BCUT2D eigenvalue weighted by atomic mass is 32.2. The number of methoxy groups -OCH3 is 1. The van der Waals surface area contributed by atoms with Crippen molar-refractivity contribution in [3.05, 3.63) is 0 Å². The molecule has 0 unspecified atom stereocenters. The van der Waals surface area contributed by atoms with E-state index in [-0.39, 0.29) is 12.2 Å². The molecule has 0 aromatic heterocycles. The molecule has 0 aromatic carbocycles. The van der Waals surface area contributed by atoms with Crippen molar-refractivity contribution in [2.45, 2.75) is 32.3 Å². The molecule has 0 saturated heterocycles. The van der Waals surface area contributed by atoms with Crippen LogP contribution in [0.2, 0.25) is 0 Å². The number of hydrogen-bond acceptors (Lipinski definition) is 5. The van der Waals surface area contributed by atoms with Crippen LogP contribution in [0.5, 0.6) is 0 Å². The largest absolute Gasteiger partial charge is 0.462 e. The van der Waals surface area contributed by atoms with Crippen LogP contribution in [0.4, 0.5) is 0 Å². The van der Waals surface area contributed by atoms with Crippen molar-refractivity contribution in [1.29, 1.82) is 0 Å². The number of hydrogen-bond donors (Lipinski definition) is 0. The van der Waals surface area contributed by atoms with Gasteiger partial charge in [-0.25, -0.2) is 12.7 Å². The summed E-state index contributed by atoms with van der Waals surface area (Å²) in [5.74, 6) is -1.32. The molecule has 1 aliphatic carbocycles. The molecule has 0 bridgehead atoms. The Kier molecular flexibility index (Phi) is 5.12. The van der Waals surface area contributed by atoms with E-state index in [9.17, 15) is 13.2 Å². The Labute approximate surface area is 108 Å². The van der Waals surface area contributed by atoms with Gasteiger partial charge in [-0.3, -0.25) is 4.79 Å². The number of esters is 1. The predicted octanol–water partition coefficient (Wildman–Crippen LogP) is 0.380. The molecule has 0 amide bonds. The maximum absolute atomic E-state index is 11.8. The molecule has 1 saturated carbocycles. The van der Waals surface area contributed by atoms with Gasteiger partial charge in [0.25, 0.3) is 0 Å². The number of sulfonamides is 1. The zero-order valence-corrected chi connectivity index (χ0v) is 12.0. The van der Waals surface area contributed by atoms with Gasteiger partial charge in [-0.1, -0.05) is 13.8 Å². The molecule has 1 fully saturated rings. The zero-order chi connectivity index (χ0) is 13.8. The molecule has 0 atom stereocenters. The first kappa shape index (κ1) is 15.4. The maximum Gasteiger partial charge on any atom is 0.322 e. The average molecular weight is 279 g/mol. The van der Waals surface area contributed by atoms with Crippen LogP contribution in [0, 0.1) is 0 Å². The van der Waals surface area contributed by atoms with Gasteiger partial charge in [0.1, 0.15) is 12.2 Å². The first-order valence-electron chi connectivity index (χ1n) is 6.07. The highest BCUT2D eigenvalue weighted by Crippen LogP contribution is 2.38. The minimum Gasteiger partial charge on any atom is -0.462 e. The van der Waals surface area contributed by atoms with E-state index < -0.39 is 21.7 Å². The number of nitrogens with zero attached hydrogens (tertiary/aromatic N) is 1. The number of ether oxygens (including phenoxy) is 2. The van der Waals surface area contributed by atoms with Gasteiger partial charge in [0.2, 0.25) is 10.0 Å². The summed E-state index contributed by atoms with van der Waals surface area (Å²) < 4.78 is 35.0. The molecular weight excluding hydrogens is 258 g/mol. The van der Waals surface area contributed by atoms with Gasteiger partial charge >= 0.3 is 5.97 Å². The van der Waals surface area contributed by atoms with E-state index in [1.54, 1.807) is 21.0 Å². The van der Waals surface area contributed by atoms with Crippen molar-refractivity contribution in [2.75, 3.05) is 32.6 Å². The summed E-state index contributed by atoms with van der Waals surface area (Å²) in [6.07, 6.45) is 1.69. The standard InChI is InChI=1S/C11H21NO5S/c1-4-12(5-2)18(14,15)8-10(13)17-9-11(16-3)6-7-11/h4-9H2,1-3H3. The van der Waals surface area contributed by atoms with Crippen LogP contribution in [0.3, 0.4) is 0 Å². The van der Waals surface area contributed by atoms with Gasteiger partial charge in [0, 0.05) is 20.2 Å². The van der Waals surface area contributed by atoms with Crippen LogP contribution in [0.15, 0.2) is 0 Å². The Balaban J connectivity index is 2.44. The second-order valence-electron chi connectivity index (χ2n) is 4.39. The van der Waals surface area contributed by atoms with Crippen LogP contribution in [-0.2, 0) is 24.3 Å². The van der Waals surface area contributed by atoms with E-state index in [1.807, 2.05) is 0 Å². The summed E-state index contributed by atoms with van der Waals surface area (Å²) in [6.45, 7) is 4.31. The van der Waals surface area contributed by atoms with Crippen LogP contribution in [0.1, 0.15) is 26.7 Å². The average Bonchev–Trinajstić information content (AvgIpc) is 3.07. The van der Waals surface area contributed by atoms with Gasteiger partial charge < -0.3 is 9.47 Å². The number of rotatable bonds is 8. The molecule has 0 spiro atoms. The SMILES string of the molecule is CCN(CC)S(=O)(=O)CC(=O)OCC1(OC)CC1. The Hall–Kier alpha value is -0.660. The minimum absolute atomic E-state index is 0.135. The van der Waals surface area contributed by atoms with E-state index in [0.29, 0.717) is 13.1 Å². The van der Waals surface area contributed by atoms with Crippen molar-refractivity contribution in [3.8, 4) is 0 Å². The van der Waals surface area contributed by atoms with Crippen molar-refractivity contribution in [3.63, 3.8) is 0 Å². The molecular formula is C11H21NO5S. The van der Waals surface area contributed by atoms with E-state index >= 15 is 0 Å². The smallest absolute Gasteiger partial charge is 0.322 e. The molecule has 1 rings (SSSR count). The second kappa shape index (κ2) is 5.99. The monoisotopic (exact) mass is 279 g/mol. The highest BCUT2D eigenvalue weighted by Gasteiger charge is 2.44. The lowest BCUT2D eigenvalue weighted by molar-refractivity contribution is -0.145. The van der Waals surface area contributed by atoms with Crippen molar-refractivity contribution >= 4 is 16.0 Å². The lowest BCUT2D eigenvalue weighted by Gasteiger charge is -2.18. The second-order valence-corrected chi connectivity index (χ2v) is 6.36. The molecule has 0 aliphatic heterocycles. The third-order valence-electron chi connectivity index (χ3n) is 3.14. The highest BCUT2D eigenvalue weighted by molar-refractivity contribution is 7.89. The normalized spacial score (nSPS) is 17.8. The molecule has 7 heteroatoms. The van der Waals surface area contributed by atoms with Crippen LogP contribution >= 0.6 is 0 Å². The summed E-state index contributed by atoms with van der Waals surface area (Å²) in [7, 11) is -1.99. The number of carbonyl (C=O) groups is 1. The van der Waals surface area contributed by atoms with Gasteiger partial charge in [0.05, 0.1) is 0 Å². The van der Waals surface area contributed by atoms with Crippen molar-refractivity contribution in [1.82, 2.24) is 4.31 Å². The maximum atomic E-state index is 11.8. The lowest BCUT2D eigenvalue weighted by Crippen LogP contribution is -2.36. The topological polar surface area (TPSA) is 72.9 Å². The summed E-state index contributed by atoms with van der Waals surface area (Å²) in [6, 6.07) is 0. The lowest BCUT2D eigenvalue weighted by atomic mass is 10.4. The van der Waals surface area contributed by atoms with Crippen LogP contribution in [0.25, 0.3) is 0 Å². The summed E-state index contributed by atoms with van der Waals surface area (Å²) in [4.78, 5) is 11.5. The minimum atomic E-state index is -3.56. The number of carbonyl (C=O) groups excluding carboxylic acids is 1. The van der Waals surface area contributed by atoms with Crippen LogP contribution in [-0.4, -0.2) is 56.9 Å². The van der Waals surface area contributed by atoms with Crippen molar-refractivity contribution < 1.29 is 22.7 Å². The van der Waals surface area contributed by atoms with E-state index in [1.165, 1.54) is 4.31 Å². The Bertz CT molecular complexity index is 384. The van der Waals surface area contributed by atoms with Gasteiger partial charge in [-0.15, -0.1) is 0 Å². The predicted molar refractivity (Wildman–Crippen MR) is 66.6 cm³/mol. The van der Waals surface area contributed by atoms with Crippen LogP contribution < -0.4 is 0 Å². The molecule has 0 N–H and O–H groups in total. The van der Waals surface area contributed by atoms with Gasteiger partial charge in [-0.05, 0) is 12.8 Å². The van der Waals surface area contributed by atoms with Gasteiger partial charge in [-0.2, -0.15) is 0 Å². The first-order valence-corrected chi connectivity index (χ1v) is 7.68. The van der Waals surface area contributed by atoms with E-state index in [0.717, 1.165) is 12.8 Å².